The van der Waals surface area contributed by atoms with Crippen molar-refractivity contribution >= 4 is 11.6 Å². The van der Waals surface area contributed by atoms with Crippen molar-refractivity contribution in [2.45, 2.75) is 41.8 Å². The van der Waals surface area contributed by atoms with Crippen LogP contribution in [0.5, 0.6) is 0 Å². The van der Waals surface area contributed by atoms with Crippen molar-refractivity contribution in [1.29, 1.82) is 0 Å². The topological polar surface area (TPSA) is 25.8 Å². The third-order valence-electron chi connectivity index (χ3n) is 3.95. The predicted molar refractivity (Wildman–Crippen MR) is 49.1 cm³/mol. The number of hydrogen-bond acceptors (Lipinski definition) is 1. The maximum absolute atomic E-state index is 12.9. The minimum atomic E-state index is -5.39. The van der Waals surface area contributed by atoms with Gasteiger partial charge in [-0.3, -0.25) is 0 Å². The van der Waals surface area contributed by atoms with Crippen LogP contribution in [0, 0.1) is 5.92 Å². The van der Waals surface area contributed by atoms with Gasteiger partial charge >= 0.3 is 12.4 Å². The molecule has 0 spiro atoms. The van der Waals surface area contributed by atoms with Crippen LogP contribution < -0.4 is 5.32 Å². The van der Waals surface area contributed by atoms with Gasteiger partial charge in [0.2, 0.25) is 0 Å². The second-order valence-electron chi connectivity index (χ2n) is 4.67. The quantitative estimate of drug-likeness (QED) is 0.575. The predicted octanol–water partition coefficient (Wildman–Crippen LogP) is 1.44. The zero-order valence-corrected chi connectivity index (χ0v) is 9.90. The zero-order chi connectivity index (χ0) is 13.9. The van der Waals surface area contributed by atoms with Crippen molar-refractivity contribution in [3.63, 3.8) is 0 Å². The number of piperidine rings is 1. The first-order valence-electron chi connectivity index (χ1n) is 5.22. The molecule has 106 valence electrons. The van der Waals surface area contributed by atoms with Gasteiger partial charge in [0.1, 0.15) is 12.1 Å². The van der Waals surface area contributed by atoms with Crippen molar-refractivity contribution in [3.8, 4) is 0 Å². The average Bonchev–Trinajstić information content (AvgIpc) is 2.67. The summed E-state index contributed by atoms with van der Waals surface area (Å²) in [5.74, 6) is -1.71. The van der Waals surface area contributed by atoms with Gasteiger partial charge in [-0.1, -0.05) is 0 Å². The SMILES string of the molecule is CO[C@@H]1C[C@H]2[C@H](Cl)[C@@H]1[NH2+]C2(C(F)(F)F)C(F)(F)F. The summed E-state index contributed by atoms with van der Waals surface area (Å²) in [5.41, 5.74) is -3.80. The fourth-order valence-electron chi connectivity index (χ4n) is 3.10. The van der Waals surface area contributed by atoms with Gasteiger partial charge in [-0.15, -0.1) is 11.6 Å². The van der Waals surface area contributed by atoms with Gasteiger partial charge in [0.05, 0.1) is 11.3 Å². The molecule has 2 rings (SSSR count). The Morgan fingerprint density at radius 1 is 1.17 bits per heavy atom. The second-order valence-corrected chi connectivity index (χ2v) is 5.17. The molecule has 0 aromatic carbocycles. The molecule has 4 atom stereocenters. The maximum atomic E-state index is 12.9. The number of fused-ring (bicyclic) bond motifs is 2. The van der Waals surface area contributed by atoms with E-state index in [9.17, 15) is 26.3 Å². The molecule has 0 unspecified atom stereocenters. The standard InChI is InChI=1S/C9H10ClF6NO/c1-18-4-2-3-5(10)6(4)17-7(3,8(11,12)13)9(14,15)16/h3-6,17H,2H2,1H3/p+1/t3-,4+,5-,6+/m0/s1. The van der Waals surface area contributed by atoms with E-state index in [1.807, 2.05) is 0 Å². The van der Waals surface area contributed by atoms with Crippen molar-refractivity contribution in [1.82, 2.24) is 0 Å². The van der Waals surface area contributed by atoms with Crippen LogP contribution in [-0.4, -0.2) is 42.5 Å². The van der Waals surface area contributed by atoms with Crippen LogP contribution in [-0.2, 0) is 4.74 Å². The molecule has 2 nitrogen and oxygen atoms in total. The molecule has 0 radical (unpaired) electrons. The lowest BCUT2D eigenvalue weighted by molar-refractivity contribution is -0.800. The van der Waals surface area contributed by atoms with E-state index < -0.39 is 41.3 Å². The minimum absolute atomic E-state index is 0.299. The van der Waals surface area contributed by atoms with Crippen LogP contribution in [0.25, 0.3) is 0 Å². The van der Waals surface area contributed by atoms with Crippen LogP contribution in [0.2, 0.25) is 0 Å². The summed E-state index contributed by atoms with van der Waals surface area (Å²) >= 11 is 5.73. The Labute approximate surface area is 104 Å². The summed E-state index contributed by atoms with van der Waals surface area (Å²) in [4.78, 5) is 0. The van der Waals surface area contributed by atoms with Crippen molar-refractivity contribution in [2.24, 2.45) is 5.92 Å². The van der Waals surface area contributed by atoms with Gasteiger partial charge in [-0.25, -0.2) is 0 Å². The first kappa shape index (κ1) is 14.2. The lowest BCUT2D eigenvalue weighted by atomic mass is 9.82. The molecule has 2 fully saturated rings. The molecule has 18 heavy (non-hydrogen) atoms. The summed E-state index contributed by atoms with van der Waals surface area (Å²) in [6, 6.07) is -1.02. The summed E-state index contributed by atoms with van der Waals surface area (Å²) in [5, 5.41) is -0.897. The molecule has 9 heteroatoms. The van der Waals surface area contributed by atoms with Crippen molar-refractivity contribution < 1.29 is 36.4 Å². The molecule has 0 amide bonds. The van der Waals surface area contributed by atoms with E-state index in [0.717, 1.165) is 0 Å². The van der Waals surface area contributed by atoms with E-state index in [1.54, 1.807) is 0 Å². The molecular formula is C9H11ClF6NO+. The van der Waals surface area contributed by atoms with E-state index in [-0.39, 0.29) is 6.42 Å². The minimum Gasteiger partial charge on any atom is -0.375 e. The van der Waals surface area contributed by atoms with Gasteiger partial charge < -0.3 is 10.1 Å². The highest BCUT2D eigenvalue weighted by Gasteiger charge is 2.85. The molecule has 1 saturated carbocycles. The Morgan fingerprint density at radius 2 is 1.67 bits per heavy atom. The number of methoxy groups -OCH3 is 1. The molecular weight excluding hydrogens is 288 g/mol. The van der Waals surface area contributed by atoms with Crippen molar-refractivity contribution in [3.05, 3.63) is 0 Å². The Bertz CT molecular complexity index is 329. The van der Waals surface area contributed by atoms with Gasteiger partial charge in [0.15, 0.2) is 0 Å². The highest BCUT2D eigenvalue weighted by Crippen LogP contribution is 2.54. The summed E-state index contributed by atoms with van der Waals surface area (Å²) in [6.07, 6.45) is -11.8. The molecule has 1 heterocycles. The van der Waals surface area contributed by atoms with Gasteiger partial charge in [-0.2, -0.15) is 26.3 Å². The lowest BCUT2D eigenvalue weighted by Crippen LogP contribution is -3.07. The molecule has 0 aromatic rings. The third-order valence-corrected chi connectivity index (χ3v) is 4.54. The number of hydrogen-bond donors (Lipinski definition) is 1. The van der Waals surface area contributed by atoms with Gasteiger partial charge in [0.25, 0.3) is 5.54 Å². The Balaban J connectivity index is 2.44. The van der Waals surface area contributed by atoms with E-state index in [4.69, 9.17) is 16.3 Å². The zero-order valence-electron chi connectivity index (χ0n) is 9.15. The number of rotatable bonds is 1. The van der Waals surface area contributed by atoms with Crippen LogP contribution in [0.4, 0.5) is 26.3 Å². The van der Waals surface area contributed by atoms with Crippen LogP contribution in [0.1, 0.15) is 6.42 Å². The highest BCUT2D eigenvalue weighted by molar-refractivity contribution is 6.21. The molecule has 1 saturated heterocycles. The second kappa shape index (κ2) is 3.89. The van der Waals surface area contributed by atoms with Crippen LogP contribution in [0.15, 0.2) is 0 Å². The van der Waals surface area contributed by atoms with E-state index in [1.165, 1.54) is 7.11 Å². The number of ether oxygens (including phenoxy) is 1. The van der Waals surface area contributed by atoms with E-state index in [2.05, 4.69) is 0 Å². The monoisotopic (exact) mass is 298 g/mol. The fraction of sp³-hybridized carbons (Fsp3) is 1.00. The van der Waals surface area contributed by atoms with Crippen molar-refractivity contribution in [2.75, 3.05) is 7.11 Å². The fourth-order valence-corrected chi connectivity index (χ4v) is 3.63. The van der Waals surface area contributed by atoms with Gasteiger partial charge in [0, 0.05) is 7.11 Å². The molecule has 2 N–H and O–H groups in total. The van der Waals surface area contributed by atoms with E-state index >= 15 is 0 Å². The number of alkyl halides is 7. The maximum Gasteiger partial charge on any atom is 0.454 e. The Morgan fingerprint density at radius 3 is 1.94 bits per heavy atom. The van der Waals surface area contributed by atoms with Gasteiger partial charge in [-0.05, 0) is 6.42 Å². The number of halogens is 7. The average molecular weight is 299 g/mol. The normalized spacial score (nSPS) is 39.3. The highest BCUT2D eigenvalue weighted by atomic mass is 35.5. The molecule has 2 aliphatic rings. The first-order chi connectivity index (χ1) is 8.06. The summed E-state index contributed by atoms with van der Waals surface area (Å²) in [7, 11) is 1.26. The molecule has 1 aliphatic heterocycles. The van der Waals surface area contributed by atoms with Crippen LogP contribution >= 0.6 is 11.6 Å². The number of nitrogens with two attached hydrogens (primary N) is 1. The third kappa shape index (κ3) is 1.58. The molecule has 1 aliphatic carbocycles. The Hall–Kier alpha value is -0.210. The largest absolute Gasteiger partial charge is 0.454 e. The molecule has 2 bridgehead atoms. The smallest absolute Gasteiger partial charge is 0.375 e. The summed E-state index contributed by atoms with van der Waals surface area (Å²) in [6.45, 7) is 0. The lowest BCUT2D eigenvalue weighted by Gasteiger charge is -2.38. The van der Waals surface area contributed by atoms with E-state index in [0.29, 0.717) is 5.32 Å². The summed E-state index contributed by atoms with van der Waals surface area (Å²) < 4.78 is 82.4. The Kier molecular flexibility index (Phi) is 3.07. The number of quaternary nitrogens is 1. The first-order valence-corrected chi connectivity index (χ1v) is 5.66. The molecule has 0 aromatic heterocycles. The van der Waals surface area contributed by atoms with Crippen LogP contribution in [0.3, 0.4) is 0 Å².